The van der Waals surface area contributed by atoms with Gasteiger partial charge in [-0.3, -0.25) is 4.79 Å². The maximum Gasteiger partial charge on any atom is 0.179 e. The molecule has 1 aromatic carbocycles. The van der Waals surface area contributed by atoms with E-state index in [2.05, 4.69) is 0 Å². The summed E-state index contributed by atoms with van der Waals surface area (Å²) in [6.07, 6.45) is 1.43. The second kappa shape index (κ2) is 9.58. The minimum Gasteiger partial charge on any atom is -0.493 e. The Labute approximate surface area is 123 Å². The summed E-state index contributed by atoms with van der Waals surface area (Å²) in [5.74, 6) is 0.886. The Morgan fingerprint density at radius 3 is 2.60 bits per heavy atom. The highest BCUT2D eigenvalue weighted by Crippen LogP contribution is 2.36. The van der Waals surface area contributed by atoms with Gasteiger partial charge in [-0.25, -0.2) is 0 Å². The Hall–Kier alpha value is -1.30. The van der Waals surface area contributed by atoms with Gasteiger partial charge in [-0.2, -0.15) is 0 Å². The van der Waals surface area contributed by atoms with Crippen molar-refractivity contribution in [1.29, 1.82) is 0 Å². The van der Waals surface area contributed by atoms with Gasteiger partial charge in [0.2, 0.25) is 0 Å². The zero-order valence-electron chi connectivity index (χ0n) is 11.7. The fraction of sp³-hybridized carbons (Fsp3) is 0.500. The van der Waals surface area contributed by atoms with Crippen molar-refractivity contribution in [3.63, 3.8) is 0 Å². The van der Waals surface area contributed by atoms with Crippen molar-refractivity contribution in [2.45, 2.75) is 6.42 Å². The standard InChI is InChI=1S/C14H19ClO5/c1-17-6-7-19-4-3-5-20-14-12(15)8-11(10-16)9-13(14)18-2/h8-10H,3-7H2,1-2H3. The molecule has 0 aliphatic carbocycles. The number of rotatable bonds is 10. The summed E-state index contributed by atoms with van der Waals surface area (Å²) in [5, 5.41) is 0.353. The van der Waals surface area contributed by atoms with Crippen molar-refractivity contribution < 1.29 is 23.7 Å². The van der Waals surface area contributed by atoms with E-state index in [4.69, 9.17) is 30.5 Å². The van der Waals surface area contributed by atoms with Crippen LogP contribution in [0.5, 0.6) is 11.5 Å². The number of halogens is 1. The van der Waals surface area contributed by atoms with Crippen LogP contribution in [-0.2, 0) is 9.47 Å². The van der Waals surface area contributed by atoms with Gasteiger partial charge >= 0.3 is 0 Å². The lowest BCUT2D eigenvalue weighted by Crippen LogP contribution is -2.07. The number of ether oxygens (including phenoxy) is 4. The monoisotopic (exact) mass is 302 g/mol. The van der Waals surface area contributed by atoms with Crippen molar-refractivity contribution in [3.05, 3.63) is 22.7 Å². The third kappa shape index (κ3) is 5.36. The molecule has 0 heterocycles. The minimum atomic E-state index is 0.353. The van der Waals surface area contributed by atoms with E-state index in [0.717, 1.165) is 6.42 Å². The average molecular weight is 303 g/mol. The van der Waals surface area contributed by atoms with Gasteiger partial charge in [-0.1, -0.05) is 11.6 Å². The summed E-state index contributed by atoms with van der Waals surface area (Å²) in [6, 6.07) is 3.13. The van der Waals surface area contributed by atoms with Gasteiger partial charge in [0.25, 0.3) is 0 Å². The summed E-state index contributed by atoms with van der Waals surface area (Å²) in [5.41, 5.74) is 0.446. The van der Waals surface area contributed by atoms with Crippen LogP contribution in [0.25, 0.3) is 0 Å². The van der Waals surface area contributed by atoms with Gasteiger partial charge in [-0.15, -0.1) is 0 Å². The van der Waals surface area contributed by atoms with Crippen LogP contribution in [0.3, 0.4) is 0 Å². The van der Waals surface area contributed by atoms with E-state index in [-0.39, 0.29) is 0 Å². The Kier molecular flexibility index (Phi) is 8.02. The highest BCUT2D eigenvalue weighted by Gasteiger charge is 2.11. The minimum absolute atomic E-state index is 0.353. The molecule has 6 heteroatoms. The lowest BCUT2D eigenvalue weighted by Gasteiger charge is -2.13. The Bertz CT molecular complexity index is 422. The number of carbonyl (C=O) groups is 1. The van der Waals surface area contributed by atoms with Crippen molar-refractivity contribution in [3.8, 4) is 11.5 Å². The van der Waals surface area contributed by atoms with Gasteiger partial charge in [-0.05, 0) is 12.1 Å². The van der Waals surface area contributed by atoms with Gasteiger partial charge in [0, 0.05) is 25.7 Å². The van der Waals surface area contributed by atoms with Crippen molar-refractivity contribution in [2.24, 2.45) is 0 Å². The van der Waals surface area contributed by atoms with Gasteiger partial charge in [0.05, 0.1) is 32.0 Å². The molecule has 0 aromatic heterocycles. The highest BCUT2D eigenvalue weighted by molar-refractivity contribution is 6.32. The predicted octanol–water partition coefficient (Wildman–Crippen LogP) is 2.59. The maximum atomic E-state index is 10.7. The molecule has 0 radical (unpaired) electrons. The Balaban J connectivity index is 2.45. The molecule has 0 saturated carbocycles. The van der Waals surface area contributed by atoms with E-state index >= 15 is 0 Å². The first-order valence-corrected chi connectivity index (χ1v) is 6.63. The molecule has 0 unspecified atom stereocenters. The summed E-state index contributed by atoms with van der Waals surface area (Å²) < 4.78 is 20.9. The first-order chi connectivity index (χ1) is 9.72. The molecule has 0 aliphatic rings. The van der Waals surface area contributed by atoms with Crippen LogP contribution < -0.4 is 9.47 Å². The van der Waals surface area contributed by atoms with E-state index in [0.29, 0.717) is 54.8 Å². The van der Waals surface area contributed by atoms with Crippen LogP contribution in [-0.4, -0.2) is 46.9 Å². The molecule has 1 rings (SSSR count). The van der Waals surface area contributed by atoms with Gasteiger partial charge in [0.15, 0.2) is 11.5 Å². The smallest absolute Gasteiger partial charge is 0.179 e. The molecule has 0 amide bonds. The molecular formula is C14H19ClO5. The lowest BCUT2D eigenvalue weighted by molar-refractivity contribution is 0.0643. The fourth-order valence-electron chi connectivity index (χ4n) is 1.53. The number of aldehydes is 1. The SMILES string of the molecule is COCCOCCCOc1c(Cl)cc(C=O)cc1OC. The predicted molar refractivity (Wildman–Crippen MR) is 76.2 cm³/mol. The first-order valence-electron chi connectivity index (χ1n) is 6.25. The van der Waals surface area contributed by atoms with Crippen molar-refractivity contribution >= 4 is 17.9 Å². The van der Waals surface area contributed by atoms with Crippen LogP contribution >= 0.6 is 11.6 Å². The van der Waals surface area contributed by atoms with Crippen LogP contribution in [0.15, 0.2) is 12.1 Å². The molecule has 1 aromatic rings. The van der Waals surface area contributed by atoms with Crippen LogP contribution in [0, 0.1) is 0 Å². The number of hydrogen-bond acceptors (Lipinski definition) is 5. The van der Waals surface area contributed by atoms with E-state index in [1.807, 2.05) is 0 Å². The van der Waals surface area contributed by atoms with Crippen LogP contribution in [0.1, 0.15) is 16.8 Å². The fourth-order valence-corrected chi connectivity index (χ4v) is 1.80. The zero-order valence-corrected chi connectivity index (χ0v) is 12.4. The molecule has 0 bridgehead atoms. The van der Waals surface area contributed by atoms with Crippen molar-refractivity contribution in [1.82, 2.24) is 0 Å². The van der Waals surface area contributed by atoms with Gasteiger partial charge in [0.1, 0.15) is 6.29 Å². The largest absolute Gasteiger partial charge is 0.493 e. The number of hydrogen-bond donors (Lipinski definition) is 0. The average Bonchev–Trinajstić information content (AvgIpc) is 2.47. The maximum absolute atomic E-state index is 10.7. The molecule has 0 saturated heterocycles. The molecule has 20 heavy (non-hydrogen) atoms. The molecular weight excluding hydrogens is 284 g/mol. The zero-order chi connectivity index (χ0) is 14.8. The third-order valence-electron chi connectivity index (χ3n) is 2.50. The lowest BCUT2D eigenvalue weighted by atomic mass is 10.2. The third-order valence-corrected chi connectivity index (χ3v) is 2.78. The number of benzene rings is 1. The summed E-state index contributed by atoms with van der Waals surface area (Å²) >= 11 is 6.06. The first kappa shape index (κ1) is 16.8. The van der Waals surface area contributed by atoms with Crippen LogP contribution in [0.4, 0.5) is 0 Å². The van der Waals surface area contributed by atoms with Crippen LogP contribution in [0.2, 0.25) is 5.02 Å². The molecule has 0 N–H and O–H groups in total. The normalized spacial score (nSPS) is 10.3. The van der Waals surface area contributed by atoms with E-state index < -0.39 is 0 Å². The second-order valence-corrected chi connectivity index (χ2v) is 4.37. The summed E-state index contributed by atoms with van der Waals surface area (Å²) in [6.45, 7) is 2.17. The molecule has 0 fully saturated rings. The van der Waals surface area contributed by atoms with E-state index in [1.54, 1.807) is 19.2 Å². The van der Waals surface area contributed by atoms with Gasteiger partial charge < -0.3 is 18.9 Å². The molecule has 112 valence electrons. The van der Waals surface area contributed by atoms with E-state index in [9.17, 15) is 4.79 Å². The molecule has 0 spiro atoms. The number of carbonyl (C=O) groups excluding carboxylic acids is 1. The topological polar surface area (TPSA) is 54.0 Å². The Morgan fingerprint density at radius 2 is 1.95 bits per heavy atom. The number of methoxy groups -OCH3 is 2. The molecule has 5 nitrogen and oxygen atoms in total. The molecule has 0 aliphatic heterocycles. The molecule has 0 atom stereocenters. The second-order valence-electron chi connectivity index (χ2n) is 3.96. The van der Waals surface area contributed by atoms with Crippen molar-refractivity contribution in [2.75, 3.05) is 40.6 Å². The van der Waals surface area contributed by atoms with E-state index in [1.165, 1.54) is 7.11 Å². The quantitative estimate of drug-likeness (QED) is 0.491. The summed E-state index contributed by atoms with van der Waals surface area (Å²) in [7, 11) is 3.13. The Morgan fingerprint density at radius 1 is 1.15 bits per heavy atom. The highest BCUT2D eigenvalue weighted by atomic mass is 35.5. The summed E-state index contributed by atoms with van der Waals surface area (Å²) in [4.78, 5) is 10.7.